The number of rotatable bonds is 26. The molecule has 0 spiro atoms. The molecule has 3 heterocycles. The zero-order chi connectivity index (χ0) is 55.4. The fourth-order valence-corrected chi connectivity index (χ4v) is 9.51. The molecule has 18 nitrogen and oxygen atoms in total. The van der Waals surface area contributed by atoms with Gasteiger partial charge < -0.3 is 60.3 Å². The Labute approximate surface area is 459 Å². The lowest BCUT2D eigenvalue weighted by atomic mass is 9.85. The molecular weight excluding hydrogens is 1010 g/mol. The lowest BCUT2D eigenvalue weighted by Gasteiger charge is -2.35. The second kappa shape index (κ2) is 28.9. The number of ether oxygens (including phenoxy) is 4. The minimum Gasteiger partial charge on any atom is -0.494 e. The van der Waals surface area contributed by atoms with E-state index in [-0.39, 0.29) is 57.0 Å². The number of hydrogen-bond acceptors (Lipinski definition) is 14. The lowest BCUT2D eigenvalue weighted by Crippen LogP contribution is -2.58. The maximum absolute atomic E-state index is 14.0. The van der Waals surface area contributed by atoms with Crippen LogP contribution in [0.4, 0.5) is 5.69 Å². The Morgan fingerprint density at radius 2 is 1.53 bits per heavy atom. The van der Waals surface area contributed by atoms with Gasteiger partial charge >= 0.3 is 0 Å². The summed E-state index contributed by atoms with van der Waals surface area (Å²) < 4.78 is 22.5. The van der Waals surface area contributed by atoms with Crippen LogP contribution in [0.5, 0.6) is 5.88 Å². The van der Waals surface area contributed by atoms with E-state index in [1.807, 2.05) is 131 Å². The first-order valence-corrected chi connectivity index (χ1v) is 27.0. The van der Waals surface area contributed by atoms with Crippen molar-refractivity contribution in [2.45, 2.75) is 72.3 Å². The number of amides is 4. The Morgan fingerprint density at radius 3 is 2.19 bits per heavy atom. The highest BCUT2D eigenvalue weighted by Gasteiger charge is 2.44. The maximum atomic E-state index is 14.0. The zero-order valence-corrected chi connectivity index (χ0v) is 45.7. The van der Waals surface area contributed by atoms with E-state index in [4.69, 9.17) is 23.9 Å². The maximum Gasteiger partial charge on any atom is 0.296 e. The van der Waals surface area contributed by atoms with Gasteiger partial charge in [0.2, 0.25) is 17.7 Å². The van der Waals surface area contributed by atoms with Gasteiger partial charge in [0.25, 0.3) is 5.91 Å². The van der Waals surface area contributed by atoms with E-state index in [1.54, 1.807) is 17.4 Å². The van der Waals surface area contributed by atoms with Gasteiger partial charge in [-0.05, 0) is 60.2 Å². The van der Waals surface area contributed by atoms with Crippen molar-refractivity contribution < 1.29 is 48.3 Å². The number of aliphatic hydroxyl groups excluding tert-OH is 1. The van der Waals surface area contributed by atoms with Crippen molar-refractivity contribution in [1.29, 1.82) is 0 Å². The lowest BCUT2D eigenvalue weighted by molar-refractivity contribution is -0.144. The van der Waals surface area contributed by atoms with Crippen molar-refractivity contribution in [2.75, 3.05) is 72.5 Å². The summed E-state index contributed by atoms with van der Waals surface area (Å²) in [7, 11) is 0. The number of carbonyl (C=O) groups excluding carboxylic acids is 4. The summed E-state index contributed by atoms with van der Waals surface area (Å²) in [6.45, 7) is 13.4. The van der Waals surface area contributed by atoms with E-state index in [1.165, 1.54) is 4.90 Å². The number of aromatic amines is 1. The third-order valence-electron chi connectivity index (χ3n) is 12.7. The number of aromatic nitrogens is 2. The van der Waals surface area contributed by atoms with Gasteiger partial charge in [0.05, 0.1) is 90.9 Å². The molecule has 3 atom stereocenters. The third-order valence-corrected chi connectivity index (χ3v) is 13.7. The molecule has 0 unspecified atom stereocenters. The van der Waals surface area contributed by atoms with Gasteiger partial charge in [-0.25, -0.2) is 9.98 Å². The number of benzene rings is 4. The van der Waals surface area contributed by atoms with E-state index < -0.39 is 35.4 Å². The number of likely N-dealkylation sites (tertiary alicyclic amines) is 1. The van der Waals surface area contributed by atoms with Crippen LogP contribution in [0.3, 0.4) is 0 Å². The average Bonchev–Trinajstić information content (AvgIpc) is 4.21. The number of aliphatic hydroxyl groups is 1. The molecule has 4 amide bonds. The van der Waals surface area contributed by atoms with Crippen molar-refractivity contribution in [3.8, 4) is 28.2 Å². The van der Waals surface area contributed by atoms with Gasteiger partial charge in [-0.2, -0.15) is 0 Å². The molecule has 0 saturated carbocycles. The summed E-state index contributed by atoms with van der Waals surface area (Å²) in [4.78, 5) is 67.1. The summed E-state index contributed by atoms with van der Waals surface area (Å²) in [5, 5.41) is 34.3. The third kappa shape index (κ3) is 16.9. The van der Waals surface area contributed by atoms with E-state index in [0.29, 0.717) is 75.0 Å². The number of aromatic hydroxyl groups is 1. The van der Waals surface area contributed by atoms with Crippen LogP contribution in [0.25, 0.3) is 21.3 Å². The highest BCUT2D eigenvalue weighted by Crippen LogP contribution is 2.33. The number of thiazole rings is 1. The van der Waals surface area contributed by atoms with Gasteiger partial charge in [0.1, 0.15) is 18.7 Å². The summed E-state index contributed by atoms with van der Waals surface area (Å²) in [6, 6.07) is 29.1. The Balaban J connectivity index is 0.745. The topological polar surface area (TPSA) is 238 Å². The Hall–Kier alpha value is -7.28. The number of carbonyl (C=O) groups is 4. The van der Waals surface area contributed by atoms with Crippen molar-refractivity contribution in [2.24, 2.45) is 10.4 Å². The predicted molar refractivity (Wildman–Crippen MR) is 300 cm³/mol. The fourth-order valence-electron chi connectivity index (χ4n) is 8.70. The summed E-state index contributed by atoms with van der Waals surface area (Å²) >= 11 is 1.57. The van der Waals surface area contributed by atoms with Crippen LogP contribution in [-0.2, 0) is 51.2 Å². The highest BCUT2D eigenvalue weighted by atomic mass is 32.1. The molecule has 7 N–H and O–H groups in total. The van der Waals surface area contributed by atoms with E-state index in [2.05, 4.69) is 43.1 Å². The first-order valence-electron chi connectivity index (χ1n) is 26.1. The van der Waals surface area contributed by atoms with Crippen molar-refractivity contribution in [3.05, 3.63) is 136 Å². The molecule has 1 fully saturated rings. The number of fused-ring (bicyclic) bond motifs is 1. The molecule has 4 aromatic carbocycles. The van der Waals surface area contributed by atoms with Crippen LogP contribution in [0, 0.1) is 24.2 Å². The quantitative estimate of drug-likeness (QED) is 0.0190. The first-order chi connectivity index (χ1) is 37.7. The Kier molecular flexibility index (Phi) is 21.6. The normalized spacial score (nSPS) is 14.9. The van der Waals surface area contributed by atoms with Crippen LogP contribution >= 0.6 is 11.3 Å². The second-order valence-electron chi connectivity index (χ2n) is 19.7. The molecule has 1 saturated heterocycles. The van der Waals surface area contributed by atoms with Crippen LogP contribution < -0.4 is 21.3 Å². The molecule has 1 aliphatic rings. The monoisotopic (exact) mass is 1080 g/mol. The van der Waals surface area contributed by atoms with Crippen LogP contribution in [0.1, 0.15) is 67.6 Å². The fraction of sp³-hybridized carbons (Fsp3) is 0.390. The minimum atomic E-state index is -0.971. The molecule has 19 heteroatoms. The first kappa shape index (κ1) is 58.4. The standard InChI is InChI=1S/C59H70N8O10S/c1-6-61-50(69)23-17-40-16-22-47-48(32-40)65-57(72)52(47)53(43-10-8-7-9-11-43)64-45-20-14-41(15-21-45)34-60-24-25-74-26-27-75-28-29-76-30-31-77-37-51(70)66-55(59(3,4)5)58(73)67-36-46(68)33-49(67)56(71)62-35-42-12-18-44(19-13-42)54-39(2)63-38-78-54/h7-16,18-22,32,38,46,49,55,60,65,68,72H,6,24-31,33-37H2,1-5H3,(H,61,69)(H,62,71)(H,66,70)/t46-,49+,55-/m1/s1. The summed E-state index contributed by atoms with van der Waals surface area (Å²) in [5.74, 6) is 3.78. The van der Waals surface area contributed by atoms with Crippen LogP contribution in [0.15, 0.2) is 108 Å². The molecule has 0 radical (unpaired) electrons. The van der Waals surface area contributed by atoms with E-state index >= 15 is 0 Å². The molecule has 7 rings (SSSR count). The molecule has 412 valence electrons. The predicted octanol–water partition coefficient (Wildman–Crippen LogP) is 5.93. The molecule has 2 aromatic heterocycles. The molecule has 0 aliphatic carbocycles. The number of β-amino-alcohol motifs (C(OH)–C–C–N with tert-alkyl or cyclic N) is 1. The molecular formula is C59H70N8O10S. The molecule has 1 aliphatic heterocycles. The Morgan fingerprint density at radius 1 is 0.859 bits per heavy atom. The largest absolute Gasteiger partial charge is 0.494 e. The summed E-state index contributed by atoms with van der Waals surface area (Å²) in [5.41, 5.74) is 9.09. The molecule has 78 heavy (non-hydrogen) atoms. The Bertz CT molecular complexity index is 3030. The van der Waals surface area contributed by atoms with Crippen molar-refractivity contribution >= 4 is 57.3 Å². The number of aryl methyl sites for hydroxylation is 1. The SMILES string of the molecule is CCNC(=O)C#Cc1ccc2c(C(=Nc3ccc(CNCCOCCOCCOCCOCC(=O)N[C@H](C(=O)N4C[C@H](O)C[C@H]4C(=O)NCc4ccc(-c5scnc5C)cc4)C(C)(C)C)cc3)c3ccccc3)c(O)[nH]c2c1. The van der Waals surface area contributed by atoms with Crippen molar-refractivity contribution in [1.82, 2.24) is 36.1 Å². The van der Waals surface area contributed by atoms with Crippen molar-refractivity contribution in [3.63, 3.8) is 0 Å². The van der Waals surface area contributed by atoms with Crippen LogP contribution in [0.2, 0.25) is 0 Å². The van der Waals surface area contributed by atoms with Crippen LogP contribution in [-0.4, -0.2) is 145 Å². The van der Waals surface area contributed by atoms with E-state index in [0.717, 1.165) is 43.9 Å². The summed E-state index contributed by atoms with van der Waals surface area (Å²) in [6.07, 6.45) is -0.785. The van der Waals surface area contributed by atoms with Gasteiger partial charge in [-0.1, -0.05) is 99.5 Å². The number of hydrogen-bond donors (Lipinski definition) is 7. The second-order valence-corrected chi connectivity index (χ2v) is 20.6. The van der Waals surface area contributed by atoms with Gasteiger partial charge in [-0.15, -0.1) is 11.3 Å². The van der Waals surface area contributed by atoms with Gasteiger partial charge in [-0.3, -0.25) is 19.2 Å². The highest BCUT2D eigenvalue weighted by molar-refractivity contribution is 7.13. The number of nitrogens with one attached hydrogen (secondary N) is 5. The minimum absolute atomic E-state index is 0.0211. The van der Waals surface area contributed by atoms with E-state index in [9.17, 15) is 29.4 Å². The molecule has 0 bridgehead atoms. The zero-order valence-electron chi connectivity index (χ0n) is 44.9. The number of H-pyrrole nitrogens is 1. The number of nitrogens with zero attached hydrogens (tertiary/aromatic N) is 3. The van der Waals surface area contributed by atoms with Gasteiger partial charge in [0.15, 0.2) is 5.88 Å². The number of aliphatic imine (C=N–C) groups is 1. The average molecular weight is 1080 g/mol. The smallest absolute Gasteiger partial charge is 0.296 e. The molecule has 6 aromatic rings. The van der Waals surface area contributed by atoms with Gasteiger partial charge in [0, 0.05) is 61.6 Å².